The van der Waals surface area contributed by atoms with E-state index in [1.807, 2.05) is 6.26 Å². The Morgan fingerprint density at radius 3 is 2.00 bits per heavy atom. The second-order valence-electron chi connectivity index (χ2n) is 8.19. The van der Waals surface area contributed by atoms with Crippen molar-refractivity contribution in [1.29, 1.82) is 0 Å². The molecule has 0 amide bonds. The van der Waals surface area contributed by atoms with Crippen LogP contribution >= 0.6 is 0 Å². The van der Waals surface area contributed by atoms with Crippen molar-refractivity contribution in [3.8, 4) is 0 Å². The highest BCUT2D eigenvalue weighted by Crippen LogP contribution is 2.18. The zero-order valence-corrected chi connectivity index (χ0v) is 18.3. The number of hydrogen-bond acceptors (Lipinski definition) is 1. The van der Waals surface area contributed by atoms with Crippen molar-refractivity contribution in [3.63, 3.8) is 0 Å². The third-order valence-electron chi connectivity index (χ3n) is 4.18. The van der Waals surface area contributed by atoms with Crippen molar-refractivity contribution in [3.05, 3.63) is 23.6 Å². The third kappa shape index (κ3) is 17.8. The molecular formula is C22H44OSi. The van der Waals surface area contributed by atoms with Gasteiger partial charge < -0.3 is 4.74 Å². The molecule has 0 unspecified atom stereocenters. The summed E-state index contributed by atoms with van der Waals surface area (Å²) < 4.78 is 5.67. The zero-order chi connectivity index (χ0) is 18.1. The Balaban J connectivity index is 3.93. The lowest BCUT2D eigenvalue weighted by Gasteiger charge is -2.14. The first-order chi connectivity index (χ1) is 11.5. The molecule has 24 heavy (non-hydrogen) atoms. The summed E-state index contributed by atoms with van der Waals surface area (Å²) in [5.74, 6) is 0. The van der Waals surface area contributed by atoms with E-state index in [9.17, 15) is 0 Å². The average molecular weight is 353 g/mol. The van der Waals surface area contributed by atoms with Crippen LogP contribution in [-0.2, 0) is 4.74 Å². The number of ether oxygens (including phenoxy) is 1. The van der Waals surface area contributed by atoms with Gasteiger partial charge in [-0.25, -0.2) is 0 Å². The van der Waals surface area contributed by atoms with Gasteiger partial charge in [-0.2, -0.15) is 0 Å². The van der Waals surface area contributed by atoms with Gasteiger partial charge in [-0.05, 0) is 31.8 Å². The van der Waals surface area contributed by atoms with E-state index in [1.165, 1.54) is 70.6 Å². The molecule has 0 aromatic heterocycles. The molecule has 0 fully saturated rings. The standard InChI is InChI=1S/C22H44OSi/c1-6-8-10-12-13-15-19-23-20-16-18-22(21-24(3,4)5)17-14-11-9-7-2/h16,20-21H,6-15,17-19H2,1-5H3/b20-16-,22-21+. The van der Waals surface area contributed by atoms with E-state index < -0.39 is 8.07 Å². The van der Waals surface area contributed by atoms with Gasteiger partial charge in [0.1, 0.15) is 0 Å². The van der Waals surface area contributed by atoms with Crippen LogP contribution in [0.15, 0.2) is 23.6 Å². The van der Waals surface area contributed by atoms with Crippen LogP contribution < -0.4 is 0 Å². The molecule has 2 heteroatoms. The summed E-state index contributed by atoms with van der Waals surface area (Å²) in [5.41, 5.74) is 4.22. The Bertz CT molecular complexity index is 325. The maximum Gasteiger partial charge on any atom is 0.0873 e. The summed E-state index contributed by atoms with van der Waals surface area (Å²) in [7, 11) is -1.12. The maximum atomic E-state index is 5.67. The molecule has 0 bridgehead atoms. The molecule has 0 aromatic carbocycles. The zero-order valence-electron chi connectivity index (χ0n) is 17.3. The smallest absolute Gasteiger partial charge is 0.0873 e. The van der Waals surface area contributed by atoms with E-state index >= 15 is 0 Å². The molecule has 0 aromatic rings. The van der Waals surface area contributed by atoms with Crippen LogP contribution in [0.5, 0.6) is 0 Å². The Morgan fingerprint density at radius 1 is 0.792 bits per heavy atom. The molecule has 0 heterocycles. The Kier molecular flexibility index (Phi) is 15.7. The highest BCUT2D eigenvalue weighted by atomic mass is 28.3. The van der Waals surface area contributed by atoms with Gasteiger partial charge in [0.25, 0.3) is 0 Å². The Morgan fingerprint density at radius 2 is 1.38 bits per heavy atom. The van der Waals surface area contributed by atoms with Crippen molar-refractivity contribution in [2.45, 2.75) is 111 Å². The molecule has 1 nitrogen and oxygen atoms in total. The summed E-state index contributed by atoms with van der Waals surface area (Å²) in [5, 5.41) is 0. The number of unbranched alkanes of at least 4 members (excludes halogenated alkanes) is 8. The molecule has 0 radical (unpaired) electrons. The van der Waals surface area contributed by atoms with Gasteiger partial charge in [0.05, 0.1) is 20.9 Å². The molecule has 0 rings (SSSR count). The SMILES string of the molecule is CCCCCCCCO/C=C\C/C(=C/[Si](C)(C)C)CCCCCC. The lowest BCUT2D eigenvalue weighted by Crippen LogP contribution is -2.16. The summed E-state index contributed by atoms with van der Waals surface area (Å²) in [6.07, 6.45) is 19.9. The first kappa shape index (κ1) is 23.5. The molecule has 0 saturated heterocycles. The van der Waals surface area contributed by atoms with Gasteiger partial charge in [0.15, 0.2) is 0 Å². The molecule has 0 spiro atoms. The predicted molar refractivity (Wildman–Crippen MR) is 113 cm³/mol. The van der Waals surface area contributed by atoms with Gasteiger partial charge in [0, 0.05) is 0 Å². The lowest BCUT2D eigenvalue weighted by atomic mass is 10.1. The van der Waals surface area contributed by atoms with Crippen LogP contribution in [0, 0.1) is 0 Å². The molecule has 0 N–H and O–H groups in total. The predicted octanol–water partition coefficient (Wildman–Crippen LogP) is 8.04. The summed E-state index contributed by atoms with van der Waals surface area (Å²) in [6, 6.07) is 0. The lowest BCUT2D eigenvalue weighted by molar-refractivity contribution is 0.239. The fourth-order valence-electron chi connectivity index (χ4n) is 2.93. The largest absolute Gasteiger partial charge is 0.502 e. The molecule has 0 aliphatic rings. The Labute approximate surface area is 154 Å². The molecule has 0 aliphatic heterocycles. The normalized spacial score (nSPS) is 13.0. The Hall–Kier alpha value is -0.503. The van der Waals surface area contributed by atoms with Crippen LogP contribution in [-0.4, -0.2) is 14.7 Å². The van der Waals surface area contributed by atoms with Crippen molar-refractivity contribution >= 4 is 8.07 Å². The van der Waals surface area contributed by atoms with Crippen molar-refractivity contribution in [1.82, 2.24) is 0 Å². The number of allylic oxidation sites excluding steroid dienone is 2. The van der Waals surface area contributed by atoms with Gasteiger partial charge in [0.2, 0.25) is 0 Å². The first-order valence-corrected chi connectivity index (χ1v) is 14.0. The minimum Gasteiger partial charge on any atom is -0.502 e. The van der Waals surface area contributed by atoms with Crippen LogP contribution in [0.2, 0.25) is 19.6 Å². The second-order valence-corrected chi connectivity index (χ2v) is 13.2. The van der Waals surface area contributed by atoms with Crippen molar-refractivity contribution in [2.24, 2.45) is 0 Å². The highest BCUT2D eigenvalue weighted by molar-refractivity contribution is 6.81. The quantitative estimate of drug-likeness (QED) is 0.155. The molecular weight excluding hydrogens is 308 g/mol. The maximum absolute atomic E-state index is 5.67. The number of rotatable bonds is 16. The fraction of sp³-hybridized carbons (Fsp3) is 0.818. The van der Waals surface area contributed by atoms with Crippen molar-refractivity contribution < 1.29 is 4.74 Å². The fourth-order valence-corrected chi connectivity index (χ4v) is 4.41. The van der Waals surface area contributed by atoms with E-state index in [4.69, 9.17) is 4.74 Å². The second kappa shape index (κ2) is 16.0. The van der Waals surface area contributed by atoms with Gasteiger partial charge in [-0.1, -0.05) is 96.1 Å². The molecule has 0 aliphatic carbocycles. The molecule has 0 saturated carbocycles. The minimum absolute atomic E-state index is 0.881. The van der Waals surface area contributed by atoms with Crippen LogP contribution in [0.1, 0.15) is 90.9 Å². The molecule has 0 atom stereocenters. The summed E-state index contributed by atoms with van der Waals surface area (Å²) in [4.78, 5) is 0. The summed E-state index contributed by atoms with van der Waals surface area (Å²) >= 11 is 0. The highest BCUT2D eigenvalue weighted by Gasteiger charge is 2.10. The topological polar surface area (TPSA) is 9.23 Å². The van der Waals surface area contributed by atoms with E-state index in [1.54, 1.807) is 5.57 Å². The van der Waals surface area contributed by atoms with Crippen LogP contribution in [0.4, 0.5) is 0 Å². The van der Waals surface area contributed by atoms with Crippen LogP contribution in [0.25, 0.3) is 0 Å². The first-order valence-electron chi connectivity index (χ1n) is 10.5. The van der Waals surface area contributed by atoms with E-state index in [2.05, 4.69) is 45.3 Å². The monoisotopic (exact) mass is 352 g/mol. The average Bonchev–Trinajstić information content (AvgIpc) is 2.51. The van der Waals surface area contributed by atoms with E-state index in [0.717, 1.165) is 13.0 Å². The number of hydrogen-bond donors (Lipinski definition) is 0. The summed E-state index contributed by atoms with van der Waals surface area (Å²) in [6.45, 7) is 12.7. The minimum atomic E-state index is -1.12. The van der Waals surface area contributed by atoms with Gasteiger partial charge >= 0.3 is 0 Å². The van der Waals surface area contributed by atoms with Gasteiger partial charge in [-0.3, -0.25) is 0 Å². The van der Waals surface area contributed by atoms with Gasteiger partial charge in [-0.15, -0.1) is 0 Å². The van der Waals surface area contributed by atoms with E-state index in [0.29, 0.717) is 0 Å². The molecule has 142 valence electrons. The van der Waals surface area contributed by atoms with E-state index in [-0.39, 0.29) is 0 Å². The van der Waals surface area contributed by atoms with Crippen LogP contribution in [0.3, 0.4) is 0 Å². The third-order valence-corrected chi connectivity index (χ3v) is 5.45. The van der Waals surface area contributed by atoms with Crippen molar-refractivity contribution in [2.75, 3.05) is 6.61 Å².